The Bertz CT molecular complexity index is 243. The van der Waals surface area contributed by atoms with Crippen LogP contribution in [0.1, 0.15) is 18.3 Å². The van der Waals surface area contributed by atoms with Crippen molar-refractivity contribution in [3.8, 4) is 12.3 Å². The van der Waals surface area contributed by atoms with Gasteiger partial charge < -0.3 is 0 Å². The topological polar surface area (TPSA) is 25.8 Å². The maximum Gasteiger partial charge on any atom is 0.135 e. The number of terminal acetylenes is 1. The minimum Gasteiger partial charge on any atom is -0.154 e. The molecular weight excluding hydrogens is 124 g/mol. The molecule has 0 aliphatic heterocycles. The fraction of sp³-hybridized carbons (Fsp3) is 0.250. The van der Waals surface area contributed by atoms with E-state index in [-0.39, 0.29) is 0 Å². The second-order valence-electron chi connectivity index (χ2n) is 1.91. The van der Waals surface area contributed by atoms with Crippen molar-refractivity contribution in [2.45, 2.75) is 13.3 Å². The van der Waals surface area contributed by atoms with Gasteiger partial charge in [-0.05, 0) is 24.5 Å². The third-order valence-corrected chi connectivity index (χ3v) is 1.23. The Kier molecular flexibility index (Phi) is 2.01. The second kappa shape index (κ2) is 2.98. The van der Waals surface area contributed by atoms with Gasteiger partial charge in [-0.15, -0.1) is 11.5 Å². The first-order valence-electron chi connectivity index (χ1n) is 3.16. The Morgan fingerprint density at radius 3 is 2.70 bits per heavy atom. The quantitative estimate of drug-likeness (QED) is 0.533. The van der Waals surface area contributed by atoms with Gasteiger partial charge in [-0.3, -0.25) is 0 Å². The lowest BCUT2D eigenvalue weighted by molar-refractivity contribution is 0.910. The standard InChI is InChI=1S/C8H8N2/c1-3-7-5-6-8(4-2)10-9-7/h1,5-6H,4H2,2H3. The summed E-state index contributed by atoms with van der Waals surface area (Å²) in [6.07, 6.45) is 5.99. The third-order valence-electron chi connectivity index (χ3n) is 1.23. The van der Waals surface area contributed by atoms with Gasteiger partial charge in [0.1, 0.15) is 5.69 Å². The van der Waals surface area contributed by atoms with E-state index in [4.69, 9.17) is 6.42 Å². The smallest absolute Gasteiger partial charge is 0.135 e. The van der Waals surface area contributed by atoms with Crippen LogP contribution < -0.4 is 0 Å². The van der Waals surface area contributed by atoms with Crippen LogP contribution in [0.25, 0.3) is 0 Å². The Balaban J connectivity index is 2.93. The molecule has 10 heavy (non-hydrogen) atoms. The summed E-state index contributed by atoms with van der Waals surface area (Å²) in [5.41, 5.74) is 1.57. The minimum absolute atomic E-state index is 0.595. The zero-order valence-corrected chi connectivity index (χ0v) is 5.83. The summed E-state index contributed by atoms with van der Waals surface area (Å²) in [5, 5.41) is 7.66. The molecule has 0 bridgehead atoms. The zero-order chi connectivity index (χ0) is 7.40. The van der Waals surface area contributed by atoms with Crippen molar-refractivity contribution < 1.29 is 0 Å². The SMILES string of the molecule is C#Cc1ccc(CC)nn1. The summed E-state index contributed by atoms with van der Waals surface area (Å²) < 4.78 is 0. The number of hydrogen-bond donors (Lipinski definition) is 0. The van der Waals surface area contributed by atoms with Crippen LogP contribution in [0.5, 0.6) is 0 Å². The highest BCUT2D eigenvalue weighted by Gasteiger charge is 1.90. The molecule has 0 atom stereocenters. The summed E-state index contributed by atoms with van der Waals surface area (Å²) in [4.78, 5) is 0. The van der Waals surface area contributed by atoms with E-state index < -0.39 is 0 Å². The first kappa shape index (κ1) is 6.76. The van der Waals surface area contributed by atoms with Gasteiger partial charge in [-0.1, -0.05) is 6.92 Å². The van der Waals surface area contributed by atoms with Gasteiger partial charge in [0.15, 0.2) is 0 Å². The van der Waals surface area contributed by atoms with Gasteiger partial charge in [0.2, 0.25) is 0 Å². The van der Waals surface area contributed by atoms with E-state index in [0.717, 1.165) is 12.1 Å². The molecule has 0 amide bonds. The van der Waals surface area contributed by atoms with Crippen molar-refractivity contribution in [3.05, 3.63) is 23.5 Å². The minimum atomic E-state index is 0.595. The molecule has 2 heteroatoms. The lowest BCUT2D eigenvalue weighted by Crippen LogP contribution is -1.91. The van der Waals surface area contributed by atoms with Crippen molar-refractivity contribution in [1.82, 2.24) is 10.2 Å². The van der Waals surface area contributed by atoms with Crippen LogP contribution in [0.3, 0.4) is 0 Å². The van der Waals surface area contributed by atoms with Gasteiger partial charge in [0.25, 0.3) is 0 Å². The third kappa shape index (κ3) is 1.32. The molecule has 0 aliphatic carbocycles. The monoisotopic (exact) mass is 132 g/mol. The summed E-state index contributed by atoms with van der Waals surface area (Å²) >= 11 is 0. The van der Waals surface area contributed by atoms with Gasteiger partial charge in [-0.2, -0.15) is 5.10 Å². The molecule has 0 saturated carbocycles. The van der Waals surface area contributed by atoms with E-state index in [9.17, 15) is 0 Å². The average Bonchev–Trinajstić information content (AvgIpc) is 2.05. The molecule has 1 rings (SSSR count). The summed E-state index contributed by atoms with van der Waals surface area (Å²) in [7, 11) is 0. The molecule has 0 N–H and O–H groups in total. The molecular formula is C8H8N2. The van der Waals surface area contributed by atoms with Crippen molar-refractivity contribution in [2.75, 3.05) is 0 Å². The molecule has 50 valence electrons. The van der Waals surface area contributed by atoms with Gasteiger partial charge >= 0.3 is 0 Å². The Morgan fingerprint density at radius 2 is 2.30 bits per heavy atom. The number of nitrogens with zero attached hydrogens (tertiary/aromatic N) is 2. The lowest BCUT2D eigenvalue weighted by Gasteiger charge is -1.91. The van der Waals surface area contributed by atoms with Crippen LogP contribution in [0.15, 0.2) is 12.1 Å². The maximum absolute atomic E-state index is 5.09. The average molecular weight is 132 g/mol. The number of hydrogen-bond acceptors (Lipinski definition) is 2. The van der Waals surface area contributed by atoms with E-state index in [1.54, 1.807) is 6.07 Å². The molecule has 0 aliphatic rings. The summed E-state index contributed by atoms with van der Waals surface area (Å²) in [5.74, 6) is 2.40. The largest absolute Gasteiger partial charge is 0.154 e. The number of aromatic nitrogens is 2. The van der Waals surface area contributed by atoms with E-state index in [1.807, 2.05) is 13.0 Å². The van der Waals surface area contributed by atoms with E-state index in [2.05, 4.69) is 16.1 Å². The zero-order valence-electron chi connectivity index (χ0n) is 5.83. The molecule has 1 aromatic heterocycles. The van der Waals surface area contributed by atoms with Crippen LogP contribution in [0, 0.1) is 12.3 Å². The van der Waals surface area contributed by atoms with Crippen molar-refractivity contribution in [2.24, 2.45) is 0 Å². The second-order valence-corrected chi connectivity index (χ2v) is 1.91. The molecule has 0 spiro atoms. The van der Waals surface area contributed by atoms with Crippen molar-refractivity contribution in [1.29, 1.82) is 0 Å². The maximum atomic E-state index is 5.09. The van der Waals surface area contributed by atoms with Crippen LogP contribution >= 0.6 is 0 Å². The van der Waals surface area contributed by atoms with E-state index in [1.165, 1.54) is 0 Å². The number of aryl methyl sites for hydroxylation is 1. The molecule has 2 nitrogen and oxygen atoms in total. The summed E-state index contributed by atoms with van der Waals surface area (Å²) in [6.45, 7) is 2.03. The first-order chi connectivity index (χ1) is 4.86. The van der Waals surface area contributed by atoms with Crippen LogP contribution in [0.4, 0.5) is 0 Å². The Hall–Kier alpha value is -1.36. The van der Waals surface area contributed by atoms with Crippen molar-refractivity contribution in [3.63, 3.8) is 0 Å². The molecule has 0 aromatic carbocycles. The molecule has 0 saturated heterocycles. The highest BCUT2D eigenvalue weighted by Crippen LogP contribution is 1.94. The fourth-order valence-electron chi connectivity index (χ4n) is 0.625. The summed E-state index contributed by atoms with van der Waals surface area (Å²) in [6, 6.07) is 3.69. The predicted molar refractivity (Wildman–Crippen MR) is 39.3 cm³/mol. The highest BCUT2D eigenvalue weighted by atomic mass is 15.1. The van der Waals surface area contributed by atoms with E-state index >= 15 is 0 Å². The highest BCUT2D eigenvalue weighted by molar-refractivity contribution is 5.22. The van der Waals surface area contributed by atoms with Crippen LogP contribution in [-0.2, 0) is 6.42 Å². The van der Waals surface area contributed by atoms with Gasteiger partial charge in [0, 0.05) is 0 Å². The number of rotatable bonds is 1. The normalized spacial score (nSPS) is 8.80. The molecule has 1 heterocycles. The Morgan fingerprint density at radius 1 is 1.50 bits per heavy atom. The van der Waals surface area contributed by atoms with Crippen LogP contribution in [-0.4, -0.2) is 10.2 Å². The van der Waals surface area contributed by atoms with E-state index in [0.29, 0.717) is 5.69 Å². The van der Waals surface area contributed by atoms with Crippen molar-refractivity contribution >= 4 is 0 Å². The Labute approximate surface area is 60.3 Å². The molecule has 0 fully saturated rings. The first-order valence-corrected chi connectivity index (χ1v) is 3.16. The van der Waals surface area contributed by atoms with Gasteiger partial charge in [0.05, 0.1) is 5.69 Å². The fourth-order valence-corrected chi connectivity index (χ4v) is 0.625. The molecule has 0 radical (unpaired) electrons. The van der Waals surface area contributed by atoms with Gasteiger partial charge in [-0.25, -0.2) is 0 Å². The van der Waals surface area contributed by atoms with Crippen LogP contribution in [0.2, 0.25) is 0 Å². The molecule has 1 aromatic rings. The predicted octanol–water partition coefficient (Wildman–Crippen LogP) is 1.02. The molecule has 0 unspecified atom stereocenters. The lowest BCUT2D eigenvalue weighted by atomic mass is 10.3.